The molecule has 0 spiro atoms. The molecular formula is C20H21ClN2O3S. The molecule has 0 bridgehead atoms. The molecule has 0 saturated carbocycles. The Morgan fingerprint density at radius 3 is 2.48 bits per heavy atom. The molecule has 0 aliphatic rings. The van der Waals surface area contributed by atoms with Crippen molar-refractivity contribution in [2.75, 3.05) is 16.2 Å². The third kappa shape index (κ3) is 5.21. The van der Waals surface area contributed by atoms with E-state index < -0.39 is 10.0 Å². The number of allylic oxidation sites excluding steroid dienone is 3. The number of hydrogen-bond acceptors (Lipinski definition) is 3. The van der Waals surface area contributed by atoms with Crippen molar-refractivity contribution in [3.05, 3.63) is 77.9 Å². The summed E-state index contributed by atoms with van der Waals surface area (Å²) in [5, 5.41) is 2.73. The Bertz CT molecular complexity index is 954. The second kappa shape index (κ2) is 9.39. The van der Waals surface area contributed by atoms with E-state index in [-0.39, 0.29) is 22.4 Å². The highest BCUT2D eigenvalue weighted by molar-refractivity contribution is 7.93. The summed E-state index contributed by atoms with van der Waals surface area (Å²) in [5.41, 5.74) is 0.886. The second-order valence-corrected chi connectivity index (χ2v) is 7.76. The smallest absolute Gasteiger partial charge is 0.265 e. The van der Waals surface area contributed by atoms with Gasteiger partial charge in [0, 0.05) is 18.3 Å². The van der Waals surface area contributed by atoms with E-state index in [1.165, 1.54) is 22.5 Å². The van der Waals surface area contributed by atoms with Gasteiger partial charge in [0.2, 0.25) is 5.91 Å². The lowest BCUT2D eigenvalue weighted by Crippen LogP contribution is -2.31. The highest BCUT2D eigenvalue weighted by atomic mass is 35.5. The van der Waals surface area contributed by atoms with E-state index in [0.717, 1.165) is 0 Å². The van der Waals surface area contributed by atoms with Crippen LogP contribution in [0.2, 0.25) is 5.02 Å². The van der Waals surface area contributed by atoms with Gasteiger partial charge in [-0.1, -0.05) is 48.0 Å². The third-order valence-electron chi connectivity index (χ3n) is 3.65. The number of rotatable bonds is 7. The first-order chi connectivity index (χ1) is 12.9. The van der Waals surface area contributed by atoms with Crippen LogP contribution in [-0.2, 0) is 14.8 Å². The molecular weight excluding hydrogens is 384 g/mol. The largest absolute Gasteiger partial charge is 0.322 e. The summed E-state index contributed by atoms with van der Waals surface area (Å²) >= 11 is 6.17. The minimum Gasteiger partial charge on any atom is -0.322 e. The predicted molar refractivity (Wildman–Crippen MR) is 111 cm³/mol. The van der Waals surface area contributed by atoms with Gasteiger partial charge in [-0.25, -0.2) is 8.42 Å². The van der Waals surface area contributed by atoms with Crippen LogP contribution in [0.15, 0.2) is 77.7 Å². The molecule has 27 heavy (non-hydrogen) atoms. The lowest BCUT2D eigenvalue weighted by Gasteiger charge is -2.23. The van der Waals surface area contributed by atoms with Gasteiger partial charge in [0.05, 0.1) is 10.7 Å². The number of anilines is 2. The maximum absolute atomic E-state index is 13.1. The van der Waals surface area contributed by atoms with E-state index >= 15 is 0 Å². The Hall–Kier alpha value is -2.57. The fourth-order valence-corrected chi connectivity index (χ4v) is 4.40. The molecule has 2 rings (SSSR count). The Morgan fingerprint density at radius 2 is 1.85 bits per heavy atom. The number of halogens is 1. The molecule has 142 valence electrons. The van der Waals surface area contributed by atoms with Crippen LogP contribution in [-0.4, -0.2) is 20.9 Å². The first kappa shape index (κ1) is 20.7. The molecule has 1 amide bonds. The normalized spacial score (nSPS) is 11.8. The number of hydrogen-bond donors (Lipinski definition) is 1. The minimum atomic E-state index is -3.89. The zero-order valence-corrected chi connectivity index (χ0v) is 16.7. The summed E-state index contributed by atoms with van der Waals surface area (Å²) in [5.74, 6) is -0.367. The molecule has 0 aliphatic heterocycles. The number of benzene rings is 2. The van der Waals surface area contributed by atoms with Gasteiger partial charge in [-0.15, -0.1) is 0 Å². The maximum atomic E-state index is 13.1. The van der Waals surface area contributed by atoms with Gasteiger partial charge < -0.3 is 5.32 Å². The lowest BCUT2D eigenvalue weighted by atomic mass is 10.3. The monoisotopic (exact) mass is 404 g/mol. The van der Waals surface area contributed by atoms with Gasteiger partial charge in [0.1, 0.15) is 4.90 Å². The lowest BCUT2D eigenvalue weighted by molar-refractivity contribution is -0.111. The van der Waals surface area contributed by atoms with Crippen LogP contribution in [0.25, 0.3) is 0 Å². The molecule has 7 heteroatoms. The number of amides is 1. The standard InChI is InChI=1S/C20H21ClN2O3S/c1-3-5-7-12-20(24)22-16-13-14-18(21)19(15-16)27(25,26)23(4-2)17-10-8-6-9-11-17/h3,5-15H,4H2,1-2H3,(H,22,24)/b5-3+,12-7+. The summed E-state index contributed by atoms with van der Waals surface area (Å²) in [6.07, 6.45) is 6.46. The summed E-state index contributed by atoms with van der Waals surface area (Å²) in [7, 11) is -3.89. The molecule has 0 fully saturated rings. The van der Waals surface area contributed by atoms with Gasteiger partial charge in [0.15, 0.2) is 0 Å². The topological polar surface area (TPSA) is 66.5 Å². The van der Waals surface area contributed by atoms with Crippen LogP contribution >= 0.6 is 11.6 Å². The Labute approximate surface area is 165 Å². The molecule has 5 nitrogen and oxygen atoms in total. The summed E-state index contributed by atoms with van der Waals surface area (Å²) in [6, 6.07) is 13.2. The second-order valence-electron chi connectivity index (χ2n) is 5.52. The van der Waals surface area contributed by atoms with Crippen LogP contribution < -0.4 is 9.62 Å². The molecule has 0 saturated heterocycles. The van der Waals surface area contributed by atoms with Crippen molar-refractivity contribution < 1.29 is 13.2 Å². The molecule has 2 aromatic rings. The van der Waals surface area contributed by atoms with Gasteiger partial charge >= 0.3 is 0 Å². The molecule has 0 unspecified atom stereocenters. The zero-order chi connectivity index (χ0) is 19.9. The van der Waals surface area contributed by atoms with Crippen LogP contribution in [0.1, 0.15) is 13.8 Å². The van der Waals surface area contributed by atoms with Crippen molar-refractivity contribution in [2.24, 2.45) is 0 Å². The third-order valence-corrected chi connectivity index (χ3v) is 6.03. The highest BCUT2D eigenvalue weighted by Gasteiger charge is 2.26. The number of carbonyl (C=O) groups is 1. The quantitative estimate of drug-likeness (QED) is 0.540. The fourth-order valence-electron chi connectivity index (χ4n) is 2.42. The van der Waals surface area contributed by atoms with Crippen molar-refractivity contribution in [3.8, 4) is 0 Å². The number of sulfonamides is 1. The Balaban J connectivity index is 2.37. The van der Waals surface area contributed by atoms with E-state index in [9.17, 15) is 13.2 Å². The molecule has 0 aliphatic carbocycles. The molecule has 2 aromatic carbocycles. The van der Waals surface area contributed by atoms with E-state index in [4.69, 9.17) is 11.6 Å². The summed E-state index contributed by atoms with van der Waals surface area (Å²) < 4.78 is 27.5. The van der Waals surface area contributed by atoms with E-state index in [2.05, 4.69) is 5.32 Å². The molecule has 1 N–H and O–H groups in total. The van der Waals surface area contributed by atoms with Crippen LogP contribution in [0.4, 0.5) is 11.4 Å². The number of para-hydroxylation sites is 1. The SMILES string of the molecule is C/C=C/C=C/C(=O)Nc1ccc(Cl)c(S(=O)(=O)N(CC)c2ccccc2)c1. The van der Waals surface area contributed by atoms with Crippen LogP contribution in [0.3, 0.4) is 0 Å². The van der Waals surface area contributed by atoms with Crippen molar-refractivity contribution in [1.29, 1.82) is 0 Å². The summed E-state index contributed by atoms with van der Waals surface area (Å²) in [4.78, 5) is 11.9. The predicted octanol–water partition coefficient (Wildman–Crippen LogP) is 4.63. The van der Waals surface area contributed by atoms with Crippen molar-refractivity contribution >= 4 is 38.9 Å². The first-order valence-corrected chi connectivity index (χ1v) is 10.2. The Morgan fingerprint density at radius 1 is 1.15 bits per heavy atom. The van der Waals surface area contributed by atoms with Gasteiger partial charge in [-0.2, -0.15) is 0 Å². The maximum Gasteiger partial charge on any atom is 0.265 e. The number of carbonyl (C=O) groups excluding carboxylic acids is 1. The minimum absolute atomic E-state index is 0.0647. The molecule has 0 heterocycles. The van der Waals surface area contributed by atoms with Gasteiger partial charge in [-0.3, -0.25) is 9.10 Å². The highest BCUT2D eigenvalue weighted by Crippen LogP contribution is 2.30. The molecule has 0 atom stereocenters. The fraction of sp³-hybridized carbons (Fsp3) is 0.150. The Kier molecular flexibility index (Phi) is 7.21. The van der Waals surface area contributed by atoms with Crippen molar-refractivity contribution in [2.45, 2.75) is 18.7 Å². The van der Waals surface area contributed by atoms with Gasteiger partial charge in [-0.05, 0) is 44.2 Å². The van der Waals surface area contributed by atoms with Crippen LogP contribution in [0, 0.1) is 0 Å². The number of nitrogens with zero attached hydrogens (tertiary/aromatic N) is 1. The zero-order valence-electron chi connectivity index (χ0n) is 15.1. The van der Waals surface area contributed by atoms with Gasteiger partial charge in [0.25, 0.3) is 10.0 Å². The van der Waals surface area contributed by atoms with Crippen molar-refractivity contribution in [1.82, 2.24) is 0 Å². The molecule has 0 radical (unpaired) electrons. The van der Waals surface area contributed by atoms with Crippen molar-refractivity contribution in [3.63, 3.8) is 0 Å². The van der Waals surface area contributed by atoms with Crippen LogP contribution in [0.5, 0.6) is 0 Å². The average molecular weight is 405 g/mol. The summed E-state index contributed by atoms with van der Waals surface area (Å²) in [6.45, 7) is 3.83. The van der Waals surface area contributed by atoms with E-state index in [0.29, 0.717) is 11.4 Å². The average Bonchev–Trinajstić information content (AvgIpc) is 2.64. The number of nitrogens with one attached hydrogen (secondary N) is 1. The van der Waals surface area contributed by atoms with E-state index in [1.807, 2.05) is 13.0 Å². The van der Waals surface area contributed by atoms with E-state index in [1.54, 1.807) is 55.5 Å². The molecule has 0 aromatic heterocycles. The first-order valence-electron chi connectivity index (χ1n) is 8.37.